The van der Waals surface area contributed by atoms with Gasteiger partial charge in [-0.05, 0) is 43.8 Å². The molecular weight excluding hydrogens is 345 g/mol. The molecule has 6 heteroatoms. The molecule has 1 heterocycles. The minimum atomic E-state index is -0.806. The SMILES string of the molecule is Cc1cccc(-n2cc(CN(C)C[C@H](O)CO)c(-c3cccc(F)c3)n2)c1. The Kier molecular flexibility index (Phi) is 6.01. The molecule has 2 aromatic carbocycles. The zero-order chi connectivity index (χ0) is 19.4. The van der Waals surface area contributed by atoms with Crippen LogP contribution in [0.15, 0.2) is 54.7 Å². The summed E-state index contributed by atoms with van der Waals surface area (Å²) in [6.07, 6.45) is 1.12. The van der Waals surface area contributed by atoms with E-state index in [-0.39, 0.29) is 12.4 Å². The number of aryl methyl sites for hydroxylation is 1. The maximum Gasteiger partial charge on any atom is 0.123 e. The summed E-state index contributed by atoms with van der Waals surface area (Å²) in [6.45, 7) is 2.57. The van der Waals surface area contributed by atoms with Crippen molar-refractivity contribution in [3.8, 4) is 16.9 Å². The Balaban J connectivity index is 1.99. The van der Waals surface area contributed by atoms with Crippen molar-refractivity contribution in [1.82, 2.24) is 14.7 Å². The molecule has 5 nitrogen and oxygen atoms in total. The van der Waals surface area contributed by atoms with Gasteiger partial charge in [-0.15, -0.1) is 0 Å². The van der Waals surface area contributed by atoms with Crippen LogP contribution in [0.25, 0.3) is 16.9 Å². The van der Waals surface area contributed by atoms with Gasteiger partial charge in [0.25, 0.3) is 0 Å². The summed E-state index contributed by atoms with van der Waals surface area (Å²) in [5.74, 6) is -0.312. The number of hydrogen-bond donors (Lipinski definition) is 2. The Bertz CT molecular complexity index is 910. The third-order valence-corrected chi connectivity index (χ3v) is 4.33. The van der Waals surface area contributed by atoms with E-state index in [9.17, 15) is 9.50 Å². The zero-order valence-electron chi connectivity index (χ0n) is 15.5. The standard InChI is InChI=1S/C21H24FN3O2/c1-15-5-3-8-19(9-15)25-12-17(11-24(2)13-20(27)14-26)21(23-25)16-6-4-7-18(22)10-16/h3-10,12,20,26-27H,11,13-14H2,1-2H3/t20-/m0/s1. The average Bonchev–Trinajstić information content (AvgIpc) is 3.05. The lowest BCUT2D eigenvalue weighted by molar-refractivity contribution is 0.0648. The Hall–Kier alpha value is -2.54. The fourth-order valence-electron chi connectivity index (χ4n) is 3.08. The Morgan fingerprint density at radius 1 is 1.19 bits per heavy atom. The number of aliphatic hydroxyl groups excluding tert-OH is 2. The predicted molar refractivity (Wildman–Crippen MR) is 103 cm³/mol. The molecule has 0 radical (unpaired) electrons. The van der Waals surface area contributed by atoms with Crippen LogP contribution in [-0.2, 0) is 6.54 Å². The molecule has 3 aromatic rings. The first kappa shape index (κ1) is 19.2. The number of hydrogen-bond acceptors (Lipinski definition) is 4. The number of rotatable bonds is 7. The first-order valence-corrected chi connectivity index (χ1v) is 8.85. The van der Waals surface area contributed by atoms with Crippen LogP contribution in [0.3, 0.4) is 0 Å². The molecule has 0 aliphatic heterocycles. The number of nitrogens with zero attached hydrogens (tertiary/aromatic N) is 3. The van der Waals surface area contributed by atoms with Crippen LogP contribution in [0.1, 0.15) is 11.1 Å². The Morgan fingerprint density at radius 3 is 2.67 bits per heavy atom. The quantitative estimate of drug-likeness (QED) is 0.672. The molecular formula is C21H24FN3O2. The van der Waals surface area contributed by atoms with Crippen molar-refractivity contribution >= 4 is 0 Å². The lowest BCUT2D eigenvalue weighted by Gasteiger charge is -2.19. The van der Waals surface area contributed by atoms with E-state index in [1.54, 1.807) is 10.7 Å². The van der Waals surface area contributed by atoms with Crippen LogP contribution in [0.5, 0.6) is 0 Å². The first-order valence-electron chi connectivity index (χ1n) is 8.85. The van der Waals surface area contributed by atoms with Gasteiger partial charge < -0.3 is 10.2 Å². The van der Waals surface area contributed by atoms with Crippen molar-refractivity contribution in [1.29, 1.82) is 0 Å². The Labute approximate surface area is 158 Å². The number of likely N-dealkylation sites (N-methyl/N-ethyl adjacent to an activating group) is 1. The molecule has 0 bridgehead atoms. The molecule has 2 N–H and O–H groups in total. The molecule has 27 heavy (non-hydrogen) atoms. The van der Waals surface area contributed by atoms with Crippen LogP contribution >= 0.6 is 0 Å². The summed E-state index contributed by atoms with van der Waals surface area (Å²) < 4.78 is 15.5. The molecule has 0 spiro atoms. The second-order valence-electron chi connectivity index (χ2n) is 6.83. The van der Waals surface area contributed by atoms with Gasteiger partial charge in [-0.2, -0.15) is 5.10 Å². The van der Waals surface area contributed by atoms with Crippen LogP contribution in [0, 0.1) is 12.7 Å². The summed E-state index contributed by atoms with van der Waals surface area (Å²) in [5, 5.41) is 23.4. The van der Waals surface area contributed by atoms with Gasteiger partial charge in [-0.1, -0.05) is 24.3 Å². The molecule has 142 valence electrons. The van der Waals surface area contributed by atoms with Crippen molar-refractivity contribution < 1.29 is 14.6 Å². The molecule has 0 aliphatic carbocycles. The van der Waals surface area contributed by atoms with Gasteiger partial charge in [-0.25, -0.2) is 9.07 Å². The monoisotopic (exact) mass is 369 g/mol. The number of benzene rings is 2. The molecule has 0 fully saturated rings. The molecule has 0 unspecified atom stereocenters. The largest absolute Gasteiger partial charge is 0.394 e. The molecule has 0 aliphatic rings. The van der Waals surface area contributed by atoms with Crippen LogP contribution < -0.4 is 0 Å². The smallest absolute Gasteiger partial charge is 0.123 e. The molecule has 3 rings (SSSR count). The molecule has 1 atom stereocenters. The third kappa shape index (κ3) is 4.80. The van der Waals surface area contributed by atoms with E-state index in [1.807, 2.05) is 55.4 Å². The van der Waals surface area contributed by atoms with E-state index < -0.39 is 6.10 Å². The highest BCUT2D eigenvalue weighted by molar-refractivity contribution is 5.63. The van der Waals surface area contributed by atoms with Crippen LogP contribution in [-0.4, -0.2) is 51.2 Å². The lowest BCUT2D eigenvalue weighted by atomic mass is 10.1. The minimum Gasteiger partial charge on any atom is -0.394 e. The predicted octanol–water partition coefficient (Wildman–Crippen LogP) is 2.77. The summed E-state index contributed by atoms with van der Waals surface area (Å²) in [4.78, 5) is 1.90. The van der Waals surface area contributed by atoms with Gasteiger partial charge >= 0.3 is 0 Å². The van der Waals surface area contributed by atoms with Crippen LogP contribution in [0.2, 0.25) is 0 Å². The minimum absolute atomic E-state index is 0.288. The summed E-state index contributed by atoms with van der Waals surface area (Å²) in [7, 11) is 1.86. The van der Waals surface area contributed by atoms with Crippen molar-refractivity contribution in [2.45, 2.75) is 19.6 Å². The highest BCUT2D eigenvalue weighted by Crippen LogP contribution is 2.25. The highest BCUT2D eigenvalue weighted by Gasteiger charge is 2.16. The third-order valence-electron chi connectivity index (χ3n) is 4.33. The van der Waals surface area contributed by atoms with Crippen LogP contribution in [0.4, 0.5) is 4.39 Å². The topological polar surface area (TPSA) is 61.5 Å². The fraction of sp³-hybridized carbons (Fsp3) is 0.286. The van der Waals surface area contributed by atoms with Gasteiger partial charge in [0.2, 0.25) is 0 Å². The van der Waals surface area contributed by atoms with E-state index >= 15 is 0 Å². The van der Waals surface area contributed by atoms with E-state index in [2.05, 4.69) is 0 Å². The Morgan fingerprint density at radius 2 is 1.96 bits per heavy atom. The van der Waals surface area contributed by atoms with E-state index in [0.717, 1.165) is 16.8 Å². The molecule has 0 saturated carbocycles. The normalized spacial score (nSPS) is 12.5. The number of aliphatic hydroxyl groups is 2. The van der Waals surface area contributed by atoms with Crippen molar-refractivity contribution in [3.05, 3.63) is 71.7 Å². The van der Waals surface area contributed by atoms with Gasteiger partial charge in [0.15, 0.2) is 0 Å². The summed E-state index contributed by atoms with van der Waals surface area (Å²) >= 11 is 0. The molecule has 0 amide bonds. The van der Waals surface area contributed by atoms with E-state index in [0.29, 0.717) is 24.3 Å². The second kappa shape index (κ2) is 8.43. The van der Waals surface area contributed by atoms with Crippen molar-refractivity contribution in [2.24, 2.45) is 0 Å². The zero-order valence-corrected chi connectivity index (χ0v) is 15.5. The van der Waals surface area contributed by atoms with E-state index in [1.165, 1.54) is 12.1 Å². The van der Waals surface area contributed by atoms with Gasteiger partial charge in [0.05, 0.1) is 24.1 Å². The van der Waals surface area contributed by atoms with Gasteiger partial charge in [0, 0.05) is 30.4 Å². The number of aromatic nitrogens is 2. The van der Waals surface area contributed by atoms with Gasteiger partial charge in [-0.3, -0.25) is 4.90 Å². The van der Waals surface area contributed by atoms with E-state index in [4.69, 9.17) is 10.2 Å². The maximum atomic E-state index is 13.7. The maximum absolute atomic E-state index is 13.7. The second-order valence-corrected chi connectivity index (χ2v) is 6.83. The molecule has 0 saturated heterocycles. The van der Waals surface area contributed by atoms with Gasteiger partial charge in [0.1, 0.15) is 5.82 Å². The lowest BCUT2D eigenvalue weighted by Crippen LogP contribution is -2.31. The average molecular weight is 369 g/mol. The fourth-order valence-corrected chi connectivity index (χ4v) is 3.08. The van der Waals surface area contributed by atoms with Crippen molar-refractivity contribution in [2.75, 3.05) is 20.2 Å². The number of halogens is 1. The van der Waals surface area contributed by atoms with Crippen molar-refractivity contribution in [3.63, 3.8) is 0 Å². The summed E-state index contributed by atoms with van der Waals surface area (Å²) in [6, 6.07) is 14.4. The molecule has 1 aromatic heterocycles. The summed E-state index contributed by atoms with van der Waals surface area (Å²) in [5.41, 5.74) is 4.36. The highest BCUT2D eigenvalue weighted by atomic mass is 19.1. The first-order chi connectivity index (χ1) is 13.0.